The highest BCUT2D eigenvalue weighted by Gasteiger charge is 2.09. The molecular weight excluding hydrogens is 257 g/mol. The minimum absolute atomic E-state index is 0.238. The second-order valence-electron chi connectivity index (χ2n) is 4.79. The van der Waals surface area contributed by atoms with E-state index in [-0.39, 0.29) is 19.0 Å². The molecule has 1 aromatic carbocycles. The Balaban J connectivity index is 2.27. The van der Waals surface area contributed by atoms with Gasteiger partial charge in [-0.25, -0.2) is 0 Å². The highest BCUT2D eigenvalue weighted by atomic mass is 19.2. The standard InChI is InChI=1S/C15H24FN3O/c1-2-13-6-8-14(9-7-13)18-15(20)12-19(16)11-5-3-4-10-17/h6-9H,2-5,10-12,17H2,1H3,(H,18,20). The number of benzene rings is 1. The van der Waals surface area contributed by atoms with Crippen molar-refractivity contribution in [1.29, 1.82) is 0 Å². The summed E-state index contributed by atoms with van der Waals surface area (Å²) >= 11 is 0. The van der Waals surface area contributed by atoms with Gasteiger partial charge in [0.1, 0.15) is 6.54 Å². The molecule has 0 bridgehead atoms. The molecule has 0 heterocycles. The van der Waals surface area contributed by atoms with Gasteiger partial charge < -0.3 is 11.1 Å². The Bertz CT molecular complexity index is 395. The fourth-order valence-electron chi connectivity index (χ4n) is 1.86. The third kappa shape index (κ3) is 6.63. The quantitative estimate of drug-likeness (QED) is 0.540. The number of rotatable bonds is 9. The van der Waals surface area contributed by atoms with Crippen molar-refractivity contribution in [2.24, 2.45) is 5.73 Å². The molecule has 0 aliphatic heterocycles. The number of carbonyl (C=O) groups is 1. The zero-order chi connectivity index (χ0) is 14.8. The lowest BCUT2D eigenvalue weighted by Crippen LogP contribution is -2.28. The number of amides is 1. The number of aryl methyl sites for hydroxylation is 1. The van der Waals surface area contributed by atoms with Crippen LogP contribution in [0.15, 0.2) is 24.3 Å². The summed E-state index contributed by atoms with van der Waals surface area (Å²) in [5.41, 5.74) is 7.26. The maximum atomic E-state index is 13.4. The van der Waals surface area contributed by atoms with E-state index in [1.807, 2.05) is 24.3 Å². The summed E-state index contributed by atoms with van der Waals surface area (Å²) in [7, 11) is 0. The Morgan fingerprint density at radius 1 is 1.25 bits per heavy atom. The van der Waals surface area contributed by atoms with Crippen LogP contribution in [0.3, 0.4) is 0 Å². The summed E-state index contributed by atoms with van der Waals surface area (Å²) in [5, 5.41) is 3.23. The highest BCUT2D eigenvalue weighted by Crippen LogP contribution is 2.10. The molecule has 20 heavy (non-hydrogen) atoms. The number of hydrogen-bond acceptors (Lipinski definition) is 3. The highest BCUT2D eigenvalue weighted by molar-refractivity contribution is 5.92. The van der Waals surface area contributed by atoms with Crippen LogP contribution in [0.5, 0.6) is 0 Å². The van der Waals surface area contributed by atoms with Gasteiger partial charge in [0.2, 0.25) is 5.91 Å². The van der Waals surface area contributed by atoms with Gasteiger partial charge in [-0.3, -0.25) is 4.79 Å². The van der Waals surface area contributed by atoms with Crippen molar-refractivity contribution in [2.75, 3.05) is 25.0 Å². The van der Waals surface area contributed by atoms with Crippen LogP contribution in [0.1, 0.15) is 31.7 Å². The Morgan fingerprint density at radius 3 is 2.55 bits per heavy atom. The molecule has 0 aliphatic rings. The minimum Gasteiger partial charge on any atom is -0.330 e. The van der Waals surface area contributed by atoms with Crippen LogP contribution in [0, 0.1) is 0 Å². The summed E-state index contributed by atoms with van der Waals surface area (Å²) < 4.78 is 13.4. The molecule has 1 rings (SSSR count). The number of hydrogen-bond donors (Lipinski definition) is 2. The molecule has 0 radical (unpaired) electrons. The van der Waals surface area contributed by atoms with E-state index in [1.54, 1.807) is 0 Å². The Labute approximate surface area is 120 Å². The lowest BCUT2D eigenvalue weighted by atomic mass is 10.1. The number of nitrogens with one attached hydrogen (secondary N) is 1. The Morgan fingerprint density at radius 2 is 1.95 bits per heavy atom. The molecule has 0 atom stereocenters. The van der Waals surface area contributed by atoms with Gasteiger partial charge in [-0.2, -0.15) is 0 Å². The van der Waals surface area contributed by atoms with Crippen molar-refractivity contribution < 1.29 is 9.28 Å². The molecule has 5 heteroatoms. The van der Waals surface area contributed by atoms with Gasteiger partial charge in [0.15, 0.2) is 0 Å². The maximum absolute atomic E-state index is 13.4. The number of halogens is 1. The van der Waals surface area contributed by atoms with Crippen LogP contribution >= 0.6 is 0 Å². The van der Waals surface area contributed by atoms with Crippen LogP contribution in [0.4, 0.5) is 10.2 Å². The van der Waals surface area contributed by atoms with Gasteiger partial charge >= 0.3 is 0 Å². The molecule has 0 aliphatic carbocycles. The molecule has 0 saturated carbocycles. The third-order valence-electron chi connectivity index (χ3n) is 3.07. The van der Waals surface area contributed by atoms with Crippen LogP contribution in [0.2, 0.25) is 0 Å². The third-order valence-corrected chi connectivity index (χ3v) is 3.07. The van der Waals surface area contributed by atoms with E-state index in [2.05, 4.69) is 12.2 Å². The largest absolute Gasteiger partial charge is 0.330 e. The van der Waals surface area contributed by atoms with E-state index in [4.69, 9.17) is 5.73 Å². The summed E-state index contributed by atoms with van der Waals surface area (Å²) in [6.07, 6.45) is 3.45. The van der Waals surface area contributed by atoms with Gasteiger partial charge in [0.05, 0.1) is 0 Å². The van der Waals surface area contributed by atoms with Crippen molar-refractivity contribution in [2.45, 2.75) is 32.6 Å². The predicted molar refractivity (Wildman–Crippen MR) is 80.0 cm³/mol. The topological polar surface area (TPSA) is 58.4 Å². The molecule has 1 amide bonds. The fraction of sp³-hybridized carbons (Fsp3) is 0.533. The molecule has 3 N–H and O–H groups in total. The molecule has 0 spiro atoms. The molecule has 0 saturated heterocycles. The summed E-state index contributed by atoms with van der Waals surface area (Å²) in [4.78, 5) is 11.7. The summed E-state index contributed by atoms with van der Waals surface area (Å²) in [5.74, 6) is -0.337. The summed E-state index contributed by atoms with van der Waals surface area (Å²) in [6, 6.07) is 7.58. The van der Waals surface area contributed by atoms with Gasteiger partial charge in [-0.05, 0) is 43.5 Å². The van der Waals surface area contributed by atoms with Crippen molar-refractivity contribution >= 4 is 11.6 Å². The van der Waals surface area contributed by atoms with Crippen LogP contribution < -0.4 is 11.1 Å². The van der Waals surface area contributed by atoms with Crippen molar-refractivity contribution in [1.82, 2.24) is 5.12 Å². The first-order valence-electron chi connectivity index (χ1n) is 7.15. The van der Waals surface area contributed by atoms with Gasteiger partial charge in [0.25, 0.3) is 0 Å². The van der Waals surface area contributed by atoms with E-state index in [0.717, 1.165) is 19.3 Å². The smallest absolute Gasteiger partial charge is 0.241 e. The fourth-order valence-corrected chi connectivity index (χ4v) is 1.86. The Hall–Kier alpha value is -1.46. The first-order chi connectivity index (χ1) is 9.65. The van der Waals surface area contributed by atoms with E-state index in [9.17, 15) is 9.28 Å². The van der Waals surface area contributed by atoms with E-state index in [1.165, 1.54) is 5.56 Å². The maximum Gasteiger partial charge on any atom is 0.241 e. The number of anilines is 1. The number of carbonyl (C=O) groups excluding carboxylic acids is 1. The lowest BCUT2D eigenvalue weighted by molar-refractivity contribution is -0.121. The normalized spacial score (nSPS) is 10.8. The number of nitrogens with two attached hydrogens (primary N) is 1. The number of unbranched alkanes of at least 4 members (excludes halogenated alkanes) is 2. The monoisotopic (exact) mass is 281 g/mol. The van der Waals surface area contributed by atoms with Crippen LogP contribution in [-0.4, -0.2) is 30.7 Å². The second kappa shape index (κ2) is 9.44. The molecule has 0 unspecified atom stereocenters. The van der Waals surface area contributed by atoms with Gasteiger partial charge in [-0.15, -0.1) is 9.60 Å². The lowest BCUT2D eigenvalue weighted by Gasteiger charge is -2.12. The summed E-state index contributed by atoms with van der Waals surface area (Å²) in [6.45, 7) is 2.72. The molecule has 0 fully saturated rings. The predicted octanol–water partition coefficient (Wildman–Crippen LogP) is 2.50. The first kappa shape index (κ1) is 16.6. The van der Waals surface area contributed by atoms with Gasteiger partial charge in [-0.1, -0.05) is 25.5 Å². The van der Waals surface area contributed by atoms with E-state index < -0.39 is 0 Å². The van der Waals surface area contributed by atoms with Crippen molar-refractivity contribution in [3.05, 3.63) is 29.8 Å². The average molecular weight is 281 g/mol. The van der Waals surface area contributed by atoms with Crippen molar-refractivity contribution in [3.63, 3.8) is 0 Å². The molecular formula is C15H24FN3O. The van der Waals surface area contributed by atoms with E-state index >= 15 is 0 Å². The Kier molecular flexibility index (Phi) is 7.84. The first-order valence-corrected chi connectivity index (χ1v) is 7.15. The zero-order valence-corrected chi connectivity index (χ0v) is 12.1. The number of nitrogens with zero attached hydrogens (tertiary/aromatic N) is 1. The average Bonchev–Trinajstić information content (AvgIpc) is 2.44. The van der Waals surface area contributed by atoms with Crippen molar-refractivity contribution in [3.8, 4) is 0 Å². The molecule has 0 aromatic heterocycles. The SMILES string of the molecule is CCc1ccc(NC(=O)CN(F)CCCCCN)cc1. The van der Waals surface area contributed by atoms with Gasteiger partial charge in [0, 0.05) is 12.2 Å². The zero-order valence-electron chi connectivity index (χ0n) is 12.1. The molecule has 112 valence electrons. The minimum atomic E-state index is -0.337. The van der Waals surface area contributed by atoms with E-state index in [0.29, 0.717) is 23.8 Å². The second-order valence-corrected chi connectivity index (χ2v) is 4.79. The van der Waals surface area contributed by atoms with Crippen LogP contribution in [0.25, 0.3) is 0 Å². The molecule has 1 aromatic rings. The molecule has 4 nitrogen and oxygen atoms in total. The van der Waals surface area contributed by atoms with Crippen LogP contribution in [-0.2, 0) is 11.2 Å².